The fourth-order valence-electron chi connectivity index (χ4n) is 4.64. The smallest absolute Gasteiger partial charge is 0.306 e. The van der Waals surface area contributed by atoms with Gasteiger partial charge < -0.3 is 19.7 Å². The predicted octanol–water partition coefficient (Wildman–Crippen LogP) is 5.54. The average Bonchev–Trinajstić information content (AvgIpc) is 2.76. The number of benzene rings is 2. The number of pyridine rings is 1. The highest BCUT2D eigenvalue weighted by Gasteiger charge is 2.37. The Balaban J connectivity index is 1.68. The molecule has 1 aliphatic carbocycles. The summed E-state index contributed by atoms with van der Waals surface area (Å²) in [5.41, 5.74) is 2.23. The van der Waals surface area contributed by atoms with Gasteiger partial charge in [-0.2, -0.15) is 0 Å². The topological polar surface area (TPSA) is 88.9 Å². The number of carboxylic acid groups (broad SMARTS) is 1. The van der Waals surface area contributed by atoms with Crippen LogP contribution in [-0.2, 0) is 9.53 Å². The lowest BCUT2D eigenvalue weighted by atomic mass is 9.82. The molecule has 1 saturated heterocycles. The number of aromatic nitrogens is 1. The van der Waals surface area contributed by atoms with Gasteiger partial charge in [-0.3, -0.25) is 4.79 Å². The number of aliphatic carboxylic acids is 1. The molecule has 0 atom stereocenters. The van der Waals surface area contributed by atoms with E-state index in [-0.39, 0.29) is 22.8 Å². The summed E-state index contributed by atoms with van der Waals surface area (Å²) >= 11 is 6.48. The van der Waals surface area contributed by atoms with Gasteiger partial charge in [-0.15, -0.1) is 0 Å². The maximum Gasteiger partial charge on any atom is 0.306 e. The van der Waals surface area contributed by atoms with Gasteiger partial charge >= 0.3 is 5.97 Å². The van der Waals surface area contributed by atoms with Crippen LogP contribution in [0.4, 0.5) is 4.39 Å². The van der Waals surface area contributed by atoms with Crippen LogP contribution in [0.2, 0.25) is 5.02 Å². The summed E-state index contributed by atoms with van der Waals surface area (Å²) < 4.78 is 25.5. The molecule has 2 aromatic carbocycles. The Hall–Kier alpha value is -2.90. The number of aromatic hydroxyl groups is 1. The first kappa shape index (κ1) is 21.9. The molecule has 5 rings (SSSR count). The average molecular weight is 472 g/mol. The third-order valence-electron chi connectivity index (χ3n) is 6.51. The Kier molecular flexibility index (Phi) is 5.85. The van der Waals surface area contributed by atoms with Crippen LogP contribution >= 0.6 is 11.6 Å². The number of halogens is 2. The molecule has 0 unspecified atom stereocenters. The van der Waals surface area contributed by atoms with Gasteiger partial charge in [-0.1, -0.05) is 11.6 Å². The molecule has 6 nitrogen and oxygen atoms in total. The molecule has 3 aromatic rings. The van der Waals surface area contributed by atoms with E-state index < -0.39 is 17.7 Å². The van der Waals surface area contributed by atoms with Crippen molar-refractivity contribution < 1.29 is 28.9 Å². The van der Waals surface area contributed by atoms with Crippen LogP contribution in [0.3, 0.4) is 0 Å². The number of phenols is 1. The zero-order valence-corrected chi connectivity index (χ0v) is 18.5. The second-order valence-corrected chi connectivity index (χ2v) is 9.07. The number of fused-ring (bicyclic) bond motifs is 1. The molecule has 2 aliphatic rings. The van der Waals surface area contributed by atoms with E-state index in [1.807, 2.05) is 0 Å². The Morgan fingerprint density at radius 1 is 1.12 bits per heavy atom. The van der Waals surface area contributed by atoms with Crippen molar-refractivity contribution in [3.63, 3.8) is 0 Å². The number of phenolic OH excluding ortho intramolecular Hbond substituents is 1. The number of rotatable bonds is 5. The number of carbonyl (C=O) groups is 1. The van der Waals surface area contributed by atoms with Crippen molar-refractivity contribution in [1.29, 1.82) is 0 Å². The van der Waals surface area contributed by atoms with Gasteiger partial charge in [0.15, 0.2) is 0 Å². The molecular formula is C25H23ClFNO5. The van der Waals surface area contributed by atoms with E-state index in [1.54, 1.807) is 24.3 Å². The molecule has 1 aromatic heterocycles. The van der Waals surface area contributed by atoms with Crippen molar-refractivity contribution in [2.24, 2.45) is 5.92 Å². The normalized spacial score (nSPS) is 21.0. The first-order valence-corrected chi connectivity index (χ1v) is 11.4. The van der Waals surface area contributed by atoms with E-state index >= 15 is 0 Å². The predicted molar refractivity (Wildman–Crippen MR) is 121 cm³/mol. The van der Waals surface area contributed by atoms with Gasteiger partial charge in [0.1, 0.15) is 17.7 Å². The number of nitrogens with zero attached hydrogens (tertiary/aromatic N) is 1. The van der Waals surface area contributed by atoms with Gasteiger partial charge in [-0.05, 0) is 67.5 Å². The standard InChI is InChI=1S/C25H23ClFNO5/c26-21-11-15(27)1-3-19(21)22-18-4-2-16(29)12-20(18)24(33-17-9-14(10-17)25(30)31)28-23(22)13-5-7-32-8-6-13/h1-4,11-14,17,29H,5-10H2,(H,30,31)/t14-,17-. The van der Waals surface area contributed by atoms with Crippen molar-refractivity contribution in [1.82, 2.24) is 4.98 Å². The fraction of sp³-hybridized carbons (Fsp3) is 0.360. The summed E-state index contributed by atoms with van der Waals surface area (Å²) in [5, 5.41) is 21.0. The molecule has 1 saturated carbocycles. The highest BCUT2D eigenvalue weighted by molar-refractivity contribution is 6.33. The van der Waals surface area contributed by atoms with E-state index in [1.165, 1.54) is 12.1 Å². The quantitative estimate of drug-likeness (QED) is 0.508. The Morgan fingerprint density at radius 2 is 1.88 bits per heavy atom. The summed E-state index contributed by atoms with van der Waals surface area (Å²) in [6.45, 7) is 1.21. The van der Waals surface area contributed by atoms with Crippen molar-refractivity contribution in [3.8, 4) is 22.8 Å². The number of hydrogen-bond donors (Lipinski definition) is 2. The maximum atomic E-state index is 13.8. The number of hydrogen-bond acceptors (Lipinski definition) is 5. The van der Waals surface area contributed by atoms with E-state index in [2.05, 4.69) is 0 Å². The first-order valence-electron chi connectivity index (χ1n) is 11.0. The largest absolute Gasteiger partial charge is 0.508 e. The summed E-state index contributed by atoms with van der Waals surface area (Å²) in [6, 6.07) is 9.25. The van der Waals surface area contributed by atoms with Gasteiger partial charge in [-0.25, -0.2) is 9.37 Å². The minimum absolute atomic E-state index is 0.0566. The lowest BCUT2D eigenvalue weighted by Gasteiger charge is -2.33. The lowest BCUT2D eigenvalue weighted by Crippen LogP contribution is -2.38. The monoisotopic (exact) mass is 471 g/mol. The lowest BCUT2D eigenvalue weighted by molar-refractivity contribution is -0.148. The van der Waals surface area contributed by atoms with Gasteiger partial charge in [0.05, 0.1) is 16.6 Å². The van der Waals surface area contributed by atoms with E-state index in [0.29, 0.717) is 42.9 Å². The SMILES string of the molecule is O=C(O)[C@H]1C[C@H](Oc2nc(C3CCOCC3)c(-c3ccc(F)cc3Cl)c3ccc(O)cc23)C1. The van der Waals surface area contributed by atoms with E-state index in [9.17, 15) is 19.4 Å². The van der Waals surface area contributed by atoms with E-state index in [4.69, 9.17) is 26.1 Å². The fourth-order valence-corrected chi connectivity index (χ4v) is 4.91. The Morgan fingerprint density at radius 3 is 2.58 bits per heavy atom. The molecular weight excluding hydrogens is 449 g/mol. The zero-order valence-electron chi connectivity index (χ0n) is 17.8. The first-order chi connectivity index (χ1) is 15.9. The van der Waals surface area contributed by atoms with Gasteiger partial charge in [0.25, 0.3) is 0 Å². The van der Waals surface area contributed by atoms with Crippen LogP contribution < -0.4 is 4.74 Å². The molecule has 2 heterocycles. The zero-order chi connectivity index (χ0) is 23.1. The molecule has 1 aliphatic heterocycles. The summed E-state index contributed by atoms with van der Waals surface area (Å²) in [5.74, 6) is -1.16. The van der Waals surface area contributed by atoms with Crippen LogP contribution in [0.1, 0.15) is 37.3 Å². The van der Waals surface area contributed by atoms with Crippen LogP contribution in [0.5, 0.6) is 11.6 Å². The van der Waals surface area contributed by atoms with Crippen molar-refractivity contribution in [2.45, 2.75) is 37.7 Å². The van der Waals surface area contributed by atoms with Crippen LogP contribution in [0.15, 0.2) is 36.4 Å². The molecule has 8 heteroatoms. The third-order valence-corrected chi connectivity index (χ3v) is 6.82. The van der Waals surface area contributed by atoms with Gasteiger partial charge in [0.2, 0.25) is 5.88 Å². The molecule has 2 N–H and O–H groups in total. The third kappa shape index (κ3) is 4.23. The summed E-state index contributed by atoms with van der Waals surface area (Å²) in [4.78, 5) is 16.1. The van der Waals surface area contributed by atoms with Gasteiger partial charge in [0, 0.05) is 35.6 Å². The second-order valence-electron chi connectivity index (χ2n) is 8.66. The van der Waals surface area contributed by atoms with Crippen LogP contribution in [-0.4, -0.2) is 40.5 Å². The number of carboxylic acids is 1. The highest BCUT2D eigenvalue weighted by Crippen LogP contribution is 2.45. The molecule has 0 spiro atoms. The van der Waals surface area contributed by atoms with Crippen LogP contribution in [0.25, 0.3) is 21.9 Å². The molecule has 0 radical (unpaired) electrons. The van der Waals surface area contributed by atoms with Crippen molar-refractivity contribution >= 4 is 28.3 Å². The Bertz CT molecular complexity index is 1220. The second kappa shape index (κ2) is 8.80. The summed E-state index contributed by atoms with van der Waals surface area (Å²) in [7, 11) is 0. The Labute approximate surface area is 194 Å². The van der Waals surface area contributed by atoms with Crippen molar-refractivity contribution in [2.75, 3.05) is 13.2 Å². The molecule has 0 bridgehead atoms. The van der Waals surface area contributed by atoms with E-state index in [0.717, 1.165) is 29.5 Å². The minimum atomic E-state index is -0.825. The van der Waals surface area contributed by atoms with Crippen LogP contribution in [0, 0.1) is 11.7 Å². The minimum Gasteiger partial charge on any atom is -0.508 e. The molecule has 33 heavy (non-hydrogen) atoms. The number of ether oxygens (including phenoxy) is 2. The van der Waals surface area contributed by atoms with Crippen molar-refractivity contribution in [3.05, 3.63) is 52.9 Å². The highest BCUT2D eigenvalue weighted by atomic mass is 35.5. The molecule has 2 fully saturated rings. The summed E-state index contributed by atoms with van der Waals surface area (Å²) in [6.07, 6.45) is 2.11. The molecule has 0 amide bonds. The maximum absolute atomic E-state index is 13.8. The molecule has 172 valence electrons.